The molecule has 96 valence electrons. The van der Waals surface area contributed by atoms with E-state index in [9.17, 15) is 9.90 Å². The highest BCUT2D eigenvalue weighted by Gasteiger charge is 2.16. The Balaban J connectivity index is 2.13. The summed E-state index contributed by atoms with van der Waals surface area (Å²) in [6, 6.07) is 5.04. The molecule has 1 aliphatic heterocycles. The van der Waals surface area contributed by atoms with E-state index in [1.54, 1.807) is 23.7 Å². The van der Waals surface area contributed by atoms with E-state index in [1.165, 1.54) is 16.8 Å². The number of carbonyl (C=O) groups is 1. The van der Waals surface area contributed by atoms with Gasteiger partial charge < -0.3 is 9.84 Å². The number of benzene rings is 1. The van der Waals surface area contributed by atoms with Gasteiger partial charge in [-0.15, -0.1) is 11.8 Å². The highest BCUT2D eigenvalue weighted by Crippen LogP contribution is 2.27. The van der Waals surface area contributed by atoms with E-state index < -0.39 is 0 Å². The molecule has 5 nitrogen and oxygen atoms in total. The van der Waals surface area contributed by atoms with Crippen LogP contribution in [-0.4, -0.2) is 33.9 Å². The third-order valence-electron chi connectivity index (χ3n) is 2.41. The van der Waals surface area contributed by atoms with Gasteiger partial charge in [0.1, 0.15) is 0 Å². The van der Waals surface area contributed by atoms with Crippen LogP contribution in [0.5, 0.6) is 11.5 Å². The zero-order valence-corrected chi connectivity index (χ0v) is 10.8. The molecule has 18 heavy (non-hydrogen) atoms. The van der Waals surface area contributed by atoms with E-state index in [2.05, 4.69) is 5.10 Å². The molecule has 1 amide bonds. The first-order valence-electron chi connectivity index (χ1n) is 5.60. The Labute approximate surface area is 109 Å². The van der Waals surface area contributed by atoms with Crippen LogP contribution in [0.1, 0.15) is 12.5 Å². The molecule has 0 spiro atoms. The number of nitrogens with zero attached hydrogens (tertiary/aromatic N) is 2. The smallest absolute Gasteiger partial charge is 0.253 e. The maximum atomic E-state index is 11.6. The molecule has 1 aliphatic rings. The fourth-order valence-corrected chi connectivity index (χ4v) is 2.11. The molecule has 6 heteroatoms. The Bertz CT molecular complexity index is 476. The summed E-state index contributed by atoms with van der Waals surface area (Å²) in [5.74, 6) is 0.927. The van der Waals surface area contributed by atoms with Crippen molar-refractivity contribution >= 4 is 23.2 Å². The fourth-order valence-electron chi connectivity index (χ4n) is 1.57. The number of hydrazone groups is 1. The summed E-state index contributed by atoms with van der Waals surface area (Å²) in [6.07, 6.45) is 0. The van der Waals surface area contributed by atoms with Gasteiger partial charge >= 0.3 is 0 Å². The lowest BCUT2D eigenvalue weighted by molar-refractivity contribution is -0.129. The molecule has 1 heterocycles. The Morgan fingerprint density at radius 1 is 1.56 bits per heavy atom. The van der Waals surface area contributed by atoms with Crippen molar-refractivity contribution in [3.63, 3.8) is 0 Å². The molecule has 0 saturated heterocycles. The molecule has 2 rings (SSSR count). The van der Waals surface area contributed by atoms with Crippen molar-refractivity contribution in [2.75, 3.05) is 12.4 Å². The van der Waals surface area contributed by atoms with E-state index in [0.717, 1.165) is 5.56 Å². The Morgan fingerprint density at radius 2 is 2.39 bits per heavy atom. The van der Waals surface area contributed by atoms with Gasteiger partial charge in [-0.2, -0.15) is 5.10 Å². The van der Waals surface area contributed by atoms with Gasteiger partial charge in [-0.05, 0) is 24.6 Å². The summed E-state index contributed by atoms with van der Waals surface area (Å²) in [4.78, 5) is 11.6. The Kier molecular flexibility index (Phi) is 4.09. The zero-order chi connectivity index (χ0) is 13.0. The number of amides is 1. The van der Waals surface area contributed by atoms with Crippen LogP contribution in [0.25, 0.3) is 0 Å². The minimum atomic E-state index is -0.0199. The van der Waals surface area contributed by atoms with Gasteiger partial charge in [0.25, 0.3) is 5.91 Å². The topological polar surface area (TPSA) is 62.1 Å². The molecule has 0 unspecified atom stereocenters. The number of phenols is 1. The van der Waals surface area contributed by atoms with Gasteiger partial charge in [0.05, 0.1) is 24.5 Å². The summed E-state index contributed by atoms with van der Waals surface area (Å²) < 4.78 is 5.30. The molecule has 0 atom stereocenters. The molecule has 1 aromatic carbocycles. The number of phenolic OH excluding ortho intramolecular Hbond substituents is 1. The van der Waals surface area contributed by atoms with Gasteiger partial charge in [0, 0.05) is 0 Å². The van der Waals surface area contributed by atoms with Crippen molar-refractivity contribution in [1.82, 2.24) is 5.01 Å². The van der Waals surface area contributed by atoms with Crippen LogP contribution in [0.3, 0.4) is 0 Å². The van der Waals surface area contributed by atoms with Gasteiger partial charge in [0.15, 0.2) is 11.5 Å². The molecule has 0 fully saturated rings. The fraction of sp³-hybridized carbons (Fsp3) is 0.333. The van der Waals surface area contributed by atoms with E-state index in [-0.39, 0.29) is 11.7 Å². The highest BCUT2D eigenvalue weighted by molar-refractivity contribution is 8.12. The van der Waals surface area contributed by atoms with E-state index in [4.69, 9.17) is 4.74 Å². The van der Waals surface area contributed by atoms with Crippen LogP contribution in [0.2, 0.25) is 0 Å². The van der Waals surface area contributed by atoms with E-state index >= 15 is 0 Å². The van der Waals surface area contributed by atoms with Gasteiger partial charge in [-0.3, -0.25) is 4.79 Å². The normalized spacial score (nSPS) is 14.9. The van der Waals surface area contributed by atoms with Crippen LogP contribution < -0.4 is 4.74 Å². The first-order chi connectivity index (χ1) is 8.70. The standard InChI is InChI=1S/C12H14N2O3S/c1-2-17-11-5-9(3-4-10(11)15)6-14-12(16)7-18-8-13-14/h3-5,8,15H,2,6-7H2,1H3. The lowest BCUT2D eigenvalue weighted by Gasteiger charge is -2.19. The van der Waals surface area contributed by atoms with Gasteiger partial charge in [0.2, 0.25) is 0 Å². The van der Waals surface area contributed by atoms with Gasteiger partial charge in [-0.25, -0.2) is 5.01 Å². The predicted octanol–water partition coefficient (Wildman–Crippen LogP) is 1.81. The molecule has 0 radical (unpaired) electrons. The Morgan fingerprint density at radius 3 is 3.11 bits per heavy atom. The minimum Gasteiger partial charge on any atom is -0.504 e. The number of ether oxygens (including phenoxy) is 1. The predicted molar refractivity (Wildman–Crippen MR) is 70.8 cm³/mol. The molecule has 0 saturated carbocycles. The van der Waals surface area contributed by atoms with Gasteiger partial charge in [-0.1, -0.05) is 6.07 Å². The van der Waals surface area contributed by atoms with Crippen molar-refractivity contribution in [1.29, 1.82) is 0 Å². The molecule has 0 aliphatic carbocycles. The zero-order valence-electron chi connectivity index (χ0n) is 10.00. The second kappa shape index (κ2) is 5.77. The largest absolute Gasteiger partial charge is 0.504 e. The molecule has 1 N–H and O–H groups in total. The Hall–Kier alpha value is -1.69. The van der Waals surface area contributed by atoms with Crippen LogP contribution in [0.15, 0.2) is 23.3 Å². The number of aromatic hydroxyl groups is 1. The number of thioether (sulfide) groups is 1. The second-order valence-electron chi connectivity index (χ2n) is 3.72. The van der Waals surface area contributed by atoms with Crippen LogP contribution in [0.4, 0.5) is 0 Å². The lowest BCUT2D eigenvalue weighted by Crippen LogP contribution is -2.29. The number of rotatable bonds is 4. The molecular formula is C12H14N2O3S. The first-order valence-corrected chi connectivity index (χ1v) is 6.64. The van der Waals surface area contributed by atoms with Crippen LogP contribution in [0, 0.1) is 0 Å². The minimum absolute atomic E-state index is 0.0199. The SMILES string of the molecule is CCOc1cc(CN2N=CSCC2=O)ccc1O. The highest BCUT2D eigenvalue weighted by atomic mass is 32.2. The maximum absolute atomic E-state index is 11.6. The summed E-state index contributed by atoms with van der Waals surface area (Å²) in [5.41, 5.74) is 2.53. The average molecular weight is 266 g/mol. The number of hydrogen-bond donors (Lipinski definition) is 1. The quantitative estimate of drug-likeness (QED) is 0.902. The molecule has 1 aromatic rings. The number of carbonyl (C=O) groups excluding carboxylic acids is 1. The summed E-state index contributed by atoms with van der Waals surface area (Å²) in [7, 11) is 0. The molecular weight excluding hydrogens is 252 g/mol. The summed E-state index contributed by atoms with van der Waals surface area (Å²) in [5, 5.41) is 15.0. The molecule has 0 aromatic heterocycles. The maximum Gasteiger partial charge on any atom is 0.253 e. The van der Waals surface area contributed by atoms with Crippen molar-refractivity contribution in [3.8, 4) is 11.5 Å². The van der Waals surface area contributed by atoms with Crippen molar-refractivity contribution in [2.24, 2.45) is 5.10 Å². The van der Waals surface area contributed by atoms with Crippen molar-refractivity contribution < 1.29 is 14.6 Å². The van der Waals surface area contributed by atoms with Crippen molar-refractivity contribution in [2.45, 2.75) is 13.5 Å². The summed E-state index contributed by atoms with van der Waals surface area (Å²) >= 11 is 1.38. The first kappa shape index (κ1) is 12.8. The van der Waals surface area contributed by atoms with Crippen LogP contribution >= 0.6 is 11.8 Å². The van der Waals surface area contributed by atoms with E-state index in [0.29, 0.717) is 24.7 Å². The molecule has 0 bridgehead atoms. The monoisotopic (exact) mass is 266 g/mol. The average Bonchev–Trinajstić information content (AvgIpc) is 2.36. The van der Waals surface area contributed by atoms with E-state index in [1.807, 2.05) is 6.92 Å². The second-order valence-corrected chi connectivity index (χ2v) is 4.55. The summed E-state index contributed by atoms with van der Waals surface area (Å²) in [6.45, 7) is 2.71. The van der Waals surface area contributed by atoms with Crippen LogP contribution in [-0.2, 0) is 11.3 Å². The number of hydrogen-bond acceptors (Lipinski definition) is 5. The third-order valence-corrected chi connectivity index (χ3v) is 3.07. The third kappa shape index (κ3) is 2.95. The lowest BCUT2D eigenvalue weighted by atomic mass is 10.2. The van der Waals surface area contributed by atoms with Crippen molar-refractivity contribution in [3.05, 3.63) is 23.8 Å².